The van der Waals surface area contributed by atoms with Gasteiger partial charge in [0.1, 0.15) is 6.61 Å². The molecule has 6 heteroatoms. The highest BCUT2D eigenvalue weighted by Crippen LogP contribution is 2.54. The molecule has 1 rings (SSSR count). The lowest BCUT2D eigenvalue weighted by atomic mass is 10.1. The van der Waals surface area contributed by atoms with Crippen molar-refractivity contribution in [2.75, 3.05) is 33.3 Å². The second kappa shape index (κ2) is 13.9. The minimum absolute atomic E-state index is 0.240. The molecule has 0 N–H and O–H groups in total. The van der Waals surface area contributed by atoms with Crippen molar-refractivity contribution in [1.29, 1.82) is 0 Å². The van der Waals surface area contributed by atoms with Crippen LogP contribution in [0.25, 0.3) is 4.85 Å². The van der Waals surface area contributed by atoms with Crippen molar-refractivity contribution in [2.24, 2.45) is 0 Å². The van der Waals surface area contributed by atoms with Gasteiger partial charge in [-0.1, -0.05) is 39.5 Å². The van der Waals surface area contributed by atoms with Crippen LogP contribution in [0, 0.1) is 6.57 Å². The summed E-state index contributed by atoms with van der Waals surface area (Å²) < 4.78 is 13.7. The van der Waals surface area contributed by atoms with E-state index >= 15 is 0 Å². The van der Waals surface area contributed by atoms with Crippen LogP contribution in [-0.2, 0) is 9.05 Å². The number of nitrogens with zero attached hydrogens (tertiary/aromatic N) is 3. The summed E-state index contributed by atoms with van der Waals surface area (Å²) in [5.74, 6) is 0. The minimum Gasteiger partial charge on any atom is -0.314 e. The maximum Gasteiger partial charge on any atom is 0.419 e. The van der Waals surface area contributed by atoms with Crippen LogP contribution in [0.2, 0.25) is 0 Å². The van der Waals surface area contributed by atoms with E-state index in [0.717, 1.165) is 17.2 Å². The maximum absolute atomic E-state index is 7.08. The first-order chi connectivity index (χ1) is 13.8. The minimum atomic E-state index is -1.10. The number of rotatable bonds is 15. The topological polar surface area (TPSA) is 26.1 Å². The molecule has 0 bridgehead atoms. The van der Waals surface area contributed by atoms with Crippen molar-refractivity contribution >= 4 is 8.53 Å². The number of hydrogen-bond acceptors (Lipinski definition) is 3. The smallest absolute Gasteiger partial charge is 0.314 e. The summed E-state index contributed by atoms with van der Waals surface area (Å²) >= 11 is 0. The van der Waals surface area contributed by atoms with Gasteiger partial charge in [0.15, 0.2) is 0 Å². The molecule has 29 heavy (non-hydrogen) atoms. The summed E-state index contributed by atoms with van der Waals surface area (Å²) in [7, 11) is 1.16. The largest absolute Gasteiger partial charge is 0.419 e. The second-order valence-corrected chi connectivity index (χ2v) is 11.0. The molecule has 0 saturated carbocycles. The first-order valence-electron chi connectivity index (χ1n) is 11.8. The van der Waals surface area contributed by atoms with Crippen LogP contribution in [0.3, 0.4) is 0 Å². The summed E-state index contributed by atoms with van der Waals surface area (Å²) in [6.07, 6.45) is 9.19. The lowest BCUT2D eigenvalue weighted by Crippen LogP contribution is -2.51. The third-order valence-corrected chi connectivity index (χ3v) is 9.11. The summed E-state index contributed by atoms with van der Waals surface area (Å²) in [5, 5.41) is 0. The Morgan fingerprint density at radius 1 is 1.10 bits per heavy atom. The molecule has 0 aromatic heterocycles. The Morgan fingerprint density at radius 2 is 1.76 bits per heavy atom. The first-order valence-corrected chi connectivity index (χ1v) is 13.0. The van der Waals surface area contributed by atoms with E-state index in [9.17, 15) is 0 Å². The molecular weight excluding hydrogens is 381 g/mol. The molecule has 1 heterocycles. The van der Waals surface area contributed by atoms with Crippen LogP contribution in [0.5, 0.6) is 0 Å². The van der Waals surface area contributed by atoms with Gasteiger partial charge in [0.2, 0.25) is 6.54 Å². The van der Waals surface area contributed by atoms with Gasteiger partial charge in [-0.25, -0.2) is 6.57 Å². The fourth-order valence-electron chi connectivity index (χ4n) is 4.15. The second-order valence-electron chi connectivity index (χ2n) is 9.17. The Kier molecular flexibility index (Phi) is 12.9. The van der Waals surface area contributed by atoms with Gasteiger partial charge in [0.25, 0.3) is 0 Å². The summed E-state index contributed by atoms with van der Waals surface area (Å²) in [6.45, 7) is 23.8. The van der Waals surface area contributed by atoms with Gasteiger partial charge in [-0.2, -0.15) is 0 Å². The Morgan fingerprint density at radius 3 is 2.31 bits per heavy atom. The molecule has 1 aliphatic heterocycles. The van der Waals surface area contributed by atoms with E-state index in [1.54, 1.807) is 0 Å². The Hall–Kier alpha value is -0.240. The highest BCUT2D eigenvalue weighted by Gasteiger charge is 2.46. The van der Waals surface area contributed by atoms with Crippen molar-refractivity contribution in [1.82, 2.24) is 4.90 Å². The molecule has 1 unspecified atom stereocenters. The maximum atomic E-state index is 7.08. The van der Waals surface area contributed by atoms with Gasteiger partial charge in [0, 0.05) is 12.6 Å². The molecule has 0 spiro atoms. The molecule has 5 nitrogen and oxygen atoms in total. The first kappa shape index (κ1) is 26.8. The van der Waals surface area contributed by atoms with Gasteiger partial charge in [0.05, 0.1) is 25.2 Å². The third kappa shape index (κ3) is 8.08. The zero-order valence-corrected chi connectivity index (χ0v) is 21.1. The summed E-state index contributed by atoms with van der Waals surface area (Å²) in [4.78, 5) is 6.12. The van der Waals surface area contributed by atoms with E-state index in [4.69, 9.17) is 15.6 Å². The molecule has 0 amide bonds. The highest BCUT2D eigenvalue weighted by molar-refractivity contribution is 7.40. The Balaban J connectivity index is 2.75. The lowest BCUT2D eigenvalue weighted by molar-refractivity contribution is -0.842. The normalized spacial score (nSPS) is 21.8. The van der Waals surface area contributed by atoms with Crippen LogP contribution in [-0.4, -0.2) is 66.7 Å². The van der Waals surface area contributed by atoms with E-state index in [1.807, 2.05) is 0 Å². The van der Waals surface area contributed by atoms with E-state index in [1.165, 1.54) is 45.1 Å². The van der Waals surface area contributed by atoms with Crippen LogP contribution in [0.1, 0.15) is 86.5 Å². The predicted octanol–water partition coefficient (Wildman–Crippen LogP) is 6.25. The molecule has 0 radical (unpaired) electrons. The molecule has 1 aliphatic rings. The summed E-state index contributed by atoms with van der Waals surface area (Å²) in [6, 6.07) is 1.45. The fourth-order valence-corrected chi connectivity index (χ4v) is 6.07. The lowest BCUT2D eigenvalue weighted by Gasteiger charge is -2.44. The molecule has 1 fully saturated rings. The average molecular weight is 429 g/mol. The summed E-state index contributed by atoms with van der Waals surface area (Å²) in [5.41, 5.74) is 0. The van der Waals surface area contributed by atoms with Crippen molar-refractivity contribution in [2.45, 2.75) is 111 Å². The molecule has 1 saturated heterocycles. The molecule has 0 aromatic carbocycles. The predicted molar refractivity (Wildman–Crippen MR) is 125 cm³/mol. The Bertz CT molecular complexity index is 473. The van der Waals surface area contributed by atoms with Gasteiger partial charge < -0.3 is 4.85 Å². The van der Waals surface area contributed by atoms with Crippen molar-refractivity contribution in [3.05, 3.63) is 11.4 Å². The standard InChI is InChI=1S/C23H47N3O2P/c1-9-11-12-13-14-16-25-19-23(18-22(25)10-2)28-29(27-17-15-24-7)26(8,20(3)4)21(5)6/h20-23H,9-19H2,1-6,8H3/q+1/t22-,23-,29?/m1/s1. The molecule has 0 aliphatic carbocycles. The van der Waals surface area contributed by atoms with Gasteiger partial charge in [-0.15, -0.1) is 0 Å². The van der Waals surface area contributed by atoms with Gasteiger partial charge >= 0.3 is 8.53 Å². The number of hydrogen-bond donors (Lipinski definition) is 0. The van der Waals surface area contributed by atoms with Crippen LogP contribution in [0.15, 0.2) is 0 Å². The van der Waals surface area contributed by atoms with Crippen molar-refractivity contribution < 1.29 is 13.3 Å². The fraction of sp³-hybridized carbons (Fsp3) is 0.957. The third-order valence-electron chi connectivity index (χ3n) is 6.60. The van der Waals surface area contributed by atoms with Crippen LogP contribution >= 0.6 is 8.53 Å². The number of likely N-dealkylation sites (tertiary alicyclic amines) is 1. The SMILES string of the molecule is [C-]#[N+]CCOP(O[C@@H]1C[C@@H](CC)N(CCCCCCC)C1)[N+](C)(C(C)C)C(C)C. The zero-order valence-electron chi connectivity index (χ0n) is 20.2. The highest BCUT2D eigenvalue weighted by atomic mass is 31.2. The number of quaternary nitrogens is 1. The van der Waals surface area contributed by atoms with Gasteiger partial charge in [-0.05, 0) is 53.5 Å². The Labute approximate surface area is 182 Å². The van der Waals surface area contributed by atoms with Crippen molar-refractivity contribution in [3.8, 4) is 0 Å². The van der Waals surface area contributed by atoms with Crippen LogP contribution < -0.4 is 0 Å². The quantitative estimate of drug-likeness (QED) is 0.175. The monoisotopic (exact) mass is 428 g/mol. The van der Waals surface area contributed by atoms with Crippen LogP contribution in [0.4, 0.5) is 0 Å². The molecule has 0 aromatic rings. The average Bonchev–Trinajstić information content (AvgIpc) is 3.08. The van der Waals surface area contributed by atoms with E-state index in [-0.39, 0.29) is 6.10 Å². The molecular formula is C23H47N3O2P+. The van der Waals surface area contributed by atoms with E-state index in [0.29, 0.717) is 31.3 Å². The van der Waals surface area contributed by atoms with Gasteiger partial charge in [-0.3, -0.25) is 18.2 Å². The van der Waals surface area contributed by atoms with E-state index < -0.39 is 8.53 Å². The van der Waals surface area contributed by atoms with Crippen molar-refractivity contribution in [3.63, 3.8) is 0 Å². The molecule has 170 valence electrons. The van der Waals surface area contributed by atoms with E-state index in [2.05, 4.69) is 58.3 Å². The molecule has 3 atom stereocenters. The number of unbranched alkanes of at least 4 members (excludes halogenated alkanes) is 4. The zero-order chi connectivity index (χ0) is 21.9.